The van der Waals surface area contributed by atoms with Crippen LogP contribution in [0.2, 0.25) is 0 Å². The van der Waals surface area contributed by atoms with Gasteiger partial charge < -0.3 is 14.6 Å². The lowest BCUT2D eigenvalue weighted by molar-refractivity contribution is -0.137. The van der Waals surface area contributed by atoms with Crippen LogP contribution in [0.25, 0.3) is 0 Å². The molecular weight excluding hydrogens is 384 g/mol. The summed E-state index contributed by atoms with van der Waals surface area (Å²) in [5.41, 5.74) is 1.61. The van der Waals surface area contributed by atoms with Gasteiger partial charge in [0.05, 0.1) is 12.2 Å². The van der Waals surface area contributed by atoms with Crippen molar-refractivity contribution in [3.63, 3.8) is 0 Å². The lowest BCUT2D eigenvalue weighted by Gasteiger charge is -2.25. The lowest BCUT2D eigenvalue weighted by Crippen LogP contribution is -2.34. The highest BCUT2D eigenvalue weighted by molar-refractivity contribution is 7.99. The standard InChI is InChI=1S/C24H38O4S/c1-3-5-8-11-17(4-2)14-15-29-16-19-18(12-9-6-7-10-13-20(25)26)21-23-24(28-23)22(19)27-21/h6,9,11,18-19,21-24H,3-5,7-8,10,12-16H2,1-2H3,(H,25,26)/t18-,19+,21+,22-,23-,24+/m0/s1. The van der Waals surface area contributed by atoms with E-state index < -0.39 is 5.97 Å². The molecule has 2 bridgehead atoms. The fourth-order valence-corrected chi connectivity index (χ4v) is 6.09. The highest BCUT2D eigenvalue weighted by Gasteiger charge is 2.68. The van der Waals surface area contributed by atoms with E-state index in [0.29, 0.717) is 30.1 Å². The number of aliphatic carboxylic acids is 1. The first kappa shape index (κ1) is 22.9. The van der Waals surface area contributed by atoms with Gasteiger partial charge >= 0.3 is 5.97 Å². The molecular formula is C24H38O4S. The van der Waals surface area contributed by atoms with Crippen molar-refractivity contribution in [3.05, 3.63) is 23.8 Å². The Hall–Kier alpha value is -0.780. The quantitative estimate of drug-likeness (QED) is 0.211. The lowest BCUT2D eigenvalue weighted by atomic mass is 9.78. The highest BCUT2D eigenvalue weighted by atomic mass is 32.2. The third kappa shape index (κ3) is 6.35. The fourth-order valence-electron chi connectivity index (χ4n) is 4.80. The van der Waals surface area contributed by atoms with Gasteiger partial charge in [-0.15, -0.1) is 0 Å². The maximum Gasteiger partial charge on any atom is 0.303 e. The monoisotopic (exact) mass is 422 g/mol. The van der Waals surface area contributed by atoms with Crippen molar-refractivity contribution in [2.24, 2.45) is 11.8 Å². The predicted molar refractivity (Wildman–Crippen MR) is 119 cm³/mol. The Balaban J connectivity index is 1.40. The van der Waals surface area contributed by atoms with Crippen molar-refractivity contribution in [2.75, 3.05) is 11.5 Å². The predicted octanol–water partition coefficient (Wildman–Crippen LogP) is 5.62. The minimum atomic E-state index is -0.708. The van der Waals surface area contributed by atoms with Crippen LogP contribution in [0.1, 0.15) is 71.6 Å². The molecule has 3 aliphatic heterocycles. The van der Waals surface area contributed by atoms with Gasteiger partial charge in [0.2, 0.25) is 0 Å². The van der Waals surface area contributed by atoms with Crippen molar-refractivity contribution >= 4 is 17.7 Å². The van der Waals surface area contributed by atoms with Gasteiger partial charge in [-0.25, -0.2) is 0 Å². The summed E-state index contributed by atoms with van der Waals surface area (Å²) in [6.45, 7) is 4.53. The summed E-state index contributed by atoms with van der Waals surface area (Å²) in [6, 6.07) is 0. The molecule has 0 aromatic rings. The number of fused-ring (bicyclic) bond motifs is 5. The smallest absolute Gasteiger partial charge is 0.303 e. The van der Waals surface area contributed by atoms with Gasteiger partial charge in [-0.05, 0) is 55.9 Å². The normalized spacial score (nSPS) is 32.8. The number of hydrogen-bond acceptors (Lipinski definition) is 4. The number of carboxylic acids is 1. The third-order valence-corrected chi connectivity index (χ3v) is 7.69. The van der Waals surface area contributed by atoms with Crippen LogP contribution in [-0.4, -0.2) is 47.0 Å². The van der Waals surface area contributed by atoms with Crippen molar-refractivity contribution in [1.29, 1.82) is 0 Å². The second-order valence-electron chi connectivity index (χ2n) is 8.63. The molecule has 4 nitrogen and oxygen atoms in total. The number of ether oxygens (including phenoxy) is 2. The van der Waals surface area contributed by atoms with Gasteiger partial charge in [0, 0.05) is 12.3 Å². The van der Waals surface area contributed by atoms with E-state index in [9.17, 15) is 4.79 Å². The summed E-state index contributed by atoms with van der Waals surface area (Å²) in [6.07, 6.45) is 17.2. The van der Waals surface area contributed by atoms with E-state index in [0.717, 1.165) is 25.0 Å². The molecule has 5 heteroatoms. The molecule has 3 rings (SSSR count). The largest absolute Gasteiger partial charge is 0.481 e. The number of carbonyl (C=O) groups is 1. The topological polar surface area (TPSA) is 59.1 Å². The number of thioether (sulfide) groups is 1. The van der Waals surface area contributed by atoms with Crippen molar-refractivity contribution in [1.82, 2.24) is 0 Å². The zero-order valence-corrected chi connectivity index (χ0v) is 18.9. The van der Waals surface area contributed by atoms with Crippen molar-refractivity contribution in [3.8, 4) is 0 Å². The van der Waals surface area contributed by atoms with Crippen LogP contribution in [0.5, 0.6) is 0 Å². The molecule has 164 valence electrons. The van der Waals surface area contributed by atoms with Crippen LogP contribution >= 0.6 is 11.8 Å². The molecule has 0 unspecified atom stereocenters. The second kappa shape index (κ2) is 11.6. The first-order chi connectivity index (χ1) is 14.2. The minimum absolute atomic E-state index is 0.255. The van der Waals surface area contributed by atoms with Crippen LogP contribution in [0.3, 0.4) is 0 Å². The molecule has 0 spiro atoms. The molecule has 1 N–H and O–H groups in total. The SMILES string of the molecule is CCCCC=C(CC)CCSC[C@@H]1[C@H](CC=CCCCC(=O)O)[C@H]2O[C@@H]1[C@H]1O[C@H]12. The van der Waals surface area contributed by atoms with Crippen LogP contribution in [0, 0.1) is 11.8 Å². The Bertz CT molecular complexity index is 587. The Morgan fingerprint density at radius 2 is 1.72 bits per heavy atom. The minimum Gasteiger partial charge on any atom is -0.481 e. The first-order valence-electron chi connectivity index (χ1n) is 11.6. The summed E-state index contributed by atoms with van der Waals surface area (Å²) >= 11 is 2.08. The molecule has 3 fully saturated rings. The highest BCUT2D eigenvalue weighted by Crippen LogP contribution is 2.55. The van der Waals surface area contributed by atoms with Gasteiger partial charge in [-0.3, -0.25) is 4.79 Å². The van der Waals surface area contributed by atoms with Crippen LogP contribution < -0.4 is 0 Å². The van der Waals surface area contributed by atoms with Crippen molar-refractivity contribution < 1.29 is 19.4 Å². The number of rotatable bonds is 15. The average Bonchev–Trinajstić information content (AvgIpc) is 3.33. The summed E-state index contributed by atoms with van der Waals surface area (Å²) in [5, 5.41) is 8.73. The van der Waals surface area contributed by atoms with Crippen LogP contribution in [0.4, 0.5) is 0 Å². The third-order valence-electron chi connectivity index (χ3n) is 6.58. The van der Waals surface area contributed by atoms with E-state index in [2.05, 4.69) is 43.8 Å². The molecule has 6 atom stereocenters. The summed E-state index contributed by atoms with van der Waals surface area (Å²) in [7, 11) is 0. The average molecular weight is 423 g/mol. The molecule has 0 aromatic carbocycles. The molecule has 0 aromatic heterocycles. The zero-order valence-electron chi connectivity index (χ0n) is 18.1. The number of carboxylic acid groups (broad SMARTS) is 1. The zero-order chi connectivity index (χ0) is 20.6. The molecule has 3 saturated heterocycles. The Labute approximate surface area is 180 Å². The summed E-state index contributed by atoms with van der Waals surface area (Å²) < 4.78 is 12.1. The maximum atomic E-state index is 10.6. The second-order valence-corrected chi connectivity index (χ2v) is 9.78. The van der Waals surface area contributed by atoms with Gasteiger partial charge in [0.25, 0.3) is 0 Å². The van der Waals surface area contributed by atoms with E-state index in [-0.39, 0.29) is 12.5 Å². The molecule has 0 radical (unpaired) electrons. The molecule has 3 aliphatic rings. The van der Waals surface area contributed by atoms with Gasteiger partial charge in [0.15, 0.2) is 0 Å². The Morgan fingerprint density at radius 1 is 0.966 bits per heavy atom. The summed E-state index contributed by atoms with van der Waals surface area (Å²) in [5.74, 6) is 2.80. The van der Waals surface area contributed by atoms with Crippen LogP contribution in [-0.2, 0) is 14.3 Å². The van der Waals surface area contributed by atoms with Crippen molar-refractivity contribution in [2.45, 2.75) is 96.1 Å². The summed E-state index contributed by atoms with van der Waals surface area (Å²) in [4.78, 5) is 10.6. The van der Waals surface area contributed by atoms with Gasteiger partial charge in [-0.2, -0.15) is 11.8 Å². The Kier molecular flexibility index (Phi) is 9.13. The number of hydrogen-bond donors (Lipinski definition) is 1. The molecule has 0 amide bonds. The molecule has 0 aliphatic carbocycles. The number of unbranched alkanes of at least 4 members (excludes halogenated alkanes) is 3. The Morgan fingerprint density at radius 3 is 2.45 bits per heavy atom. The first-order valence-corrected chi connectivity index (χ1v) is 12.7. The van der Waals surface area contributed by atoms with E-state index in [1.807, 2.05) is 0 Å². The van der Waals surface area contributed by atoms with Gasteiger partial charge in [0.1, 0.15) is 12.2 Å². The molecule has 29 heavy (non-hydrogen) atoms. The molecule has 0 saturated carbocycles. The van der Waals surface area contributed by atoms with E-state index >= 15 is 0 Å². The van der Waals surface area contributed by atoms with Crippen LogP contribution in [0.15, 0.2) is 23.8 Å². The number of allylic oxidation sites excluding steroid dienone is 4. The number of epoxide rings is 1. The fraction of sp³-hybridized carbons (Fsp3) is 0.792. The maximum absolute atomic E-state index is 10.6. The van der Waals surface area contributed by atoms with E-state index in [1.165, 1.54) is 37.9 Å². The molecule has 3 heterocycles. The van der Waals surface area contributed by atoms with E-state index in [4.69, 9.17) is 14.6 Å². The van der Waals surface area contributed by atoms with E-state index in [1.54, 1.807) is 5.57 Å². The van der Waals surface area contributed by atoms with Gasteiger partial charge in [-0.1, -0.05) is 50.5 Å².